The van der Waals surface area contributed by atoms with Crippen LogP contribution in [0.25, 0.3) is 0 Å². The second-order valence-corrected chi connectivity index (χ2v) is 7.14. The molecule has 0 aliphatic carbocycles. The Morgan fingerprint density at radius 2 is 1.76 bits per heavy atom. The number of nitrogens with zero attached hydrogens (tertiary/aromatic N) is 1. The van der Waals surface area contributed by atoms with Crippen molar-refractivity contribution in [3.8, 4) is 0 Å². The largest absolute Gasteiger partial charge is 0.435 e. The molecule has 0 spiro atoms. The Balaban J connectivity index is 2.04. The second-order valence-electron chi connectivity index (χ2n) is 5.79. The molecule has 0 saturated heterocycles. The van der Waals surface area contributed by atoms with E-state index in [2.05, 4.69) is 17.8 Å². The fraction of sp³-hybridized carbons (Fsp3) is 0.235. The summed E-state index contributed by atoms with van der Waals surface area (Å²) in [4.78, 5) is 5.71. The highest BCUT2D eigenvalue weighted by Crippen LogP contribution is 2.49. The van der Waals surface area contributed by atoms with Crippen LogP contribution in [0.4, 0.5) is 13.2 Å². The van der Waals surface area contributed by atoms with E-state index in [4.69, 9.17) is 28.0 Å². The van der Waals surface area contributed by atoms with Gasteiger partial charge in [-0.3, -0.25) is 0 Å². The molecule has 1 heterocycles. The summed E-state index contributed by atoms with van der Waals surface area (Å²) < 4.78 is 41.7. The van der Waals surface area contributed by atoms with Gasteiger partial charge < -0.3 is 4.84 Å². The van der Waals surface area contributed by atoms with Crippen LogP contribution in [0.15, 0.2) is 46.4 Å². The molecule has 0 amide bonds. The Morgan fingerprint density at radius 3 is 2.32 bits per heavy atom. The molecule has 25 heavy (non-hydrogen) atoms. The molecule has 2 nitrogen and oxygen atoms in total. The summed E-state index contributed by atoms with van der Waals surface area (Å²) in [5.41, 5.74) is -1.22. The topological polar surface area (TPSA) is 21.6 Å². The molecule has 8 heteroatoms. The number of aryl methyl sites for hydroxylation is 1. The molecule has 0 saturated carbocycles. The van der Waals surface area contributed by atoms with Crippen LogP contribution in [0, 0.1) is 6.92 Å². The van der Waals surface area contributed by atoms with Gasteiger partial charge in [-0.05, 0) is 48.4 Å². The maximum absolute atomic E-state index is 13.9. The van der Waals surface area contributed by atoms with Crippen molar-refractivity contribution in [2.45, 2.75) is 30.0 Å². The molecular formula is C17H12Cl2F3NOS. The van der Waals surface area contributed by atoms with Gasteiger partial charge in [0, 0.05) is 26.9 Å². The molecule has 0 aromatic heterocycles. The number of alkyl halides is 3. The summed E-state index contributed by atoms with van der Waals surface area (Å²) in [6.45, 7) is 1.82. The van der Waals surface area contributed by atoms with Crippen molar-refractivity contribution >= 4 is 41.5 Å². The van der Waals surface area contributed by atoms with Gasteiger partial charge in [0.25, 0.3) is 5.60 Å². The van der Waals surface area contributed by atoms with Gasteiger partial charge in [-0.25, -0.2) is 0 Å². The molecule has 3 rings (SSSR count). The summed E-state index contributed by atoms with van der Waals surface area (Å²) in [6, 6.07) is 8.85. The number of oxime groups is 1. The van der Waals surface area contributed by atoms with Crippen LogP contribution >= 0.6 is 35.8 Å². The third kappa shape index (κ3) is 3.35. The van der Waals surface area contributed by atoms with E-state index in [0.717, 1.165) is 10.5 Å². The number of thiol groups is 1. The van der Waals surface area contributed by atoms with E-state index in [0.29, 0.717) is 5.56 Å². The third-order valence-electron chi connectivity index (χ3n) is 4.04. The van der Waals surface area contributed by atoms with Crippen molar-refractivity contribution in [1.82, 2.24) is 0 Å². The molecule has 2 aromatic carbocycles. The summed E-state index contributed by atoms with van der Waals surface area (Å²) in [5.74, 6) is 0. The lowest BCUT2D eigenvalue weighted by Crippen LogP contribution is -2.42. The van der Waals surface area contributed by atoms with E-state index in [9.17, 15) is 13.2 Å². The first kappa shape index (κ1) is 18.4. The SMILES string of the molecule is Cc1cc(C2=NO[C@@](c3cc(Cl)cc(Cl)c3)(C(F)(F)F)C2)ccc1S. The van der Waals surface area contributed by atoms with Crippen LogP contribution in [0.1, 0.15) is 23.1 Å². The maximum Gasteiger partial charge on any atom is 0.435 e. The van der Waals surface area contributed by atoms with Crippen molar-refractivity contribution in [2.75, 3.05) is 0 Å². The Labute approximate surface area is 158 Å². The molecule has 132 valence electrons. The highest BCUT2D eigenvalue weighted by molar-refractivity contribution is 7.80. The van der Waals surface area contributed by atoms with Crippen LogP contribution in [0.3, 0.4) is 0 Å². The molecule has 1 aliphatic heterocycles. The van der Waals surface area contributed by atoms with Crippen molar-refractivity contribution in [1.29, 1.82) is 0 Å². The minimum atomic E-state index is -4.70. The molecule has 2 aromatic rings. The number of halogens is 5. The standard InChI is InChI=1S/C17H12Cl2F3NOS/c1-9-4-10(2-3-15(9)25)14-8-16(24-23-14,17(20,21)22)11-5-12(18)7-13(19)6-11/h2-7,25H,8H2,1H3/t16-/m0/s1. The van der Waals surface area contributed by atoms with Gasteiger partial charge in [-0.15, -0.1) is 12.6 Å². The number of hydrogen-bond donors (Lipinski definition) is 1. The van der Waals surface area contributed by atoms with Crippen LogP contribution in [-0.2, 0) is 10.4 Å². The molecule has 0 fully saturated rings. The summed E-state index contributed by atoms with van der Waals surface area (Å²) in [5, 5.41) is 3.91. The zero-order valence-corrected chi connectivity index (χ0v) is 15.3. The maximum atomic E-state index is 13.9. The Morgan fingerprint density at radius 1 is 1.12 bits per heavy atom. The molecular weight excluding hydrogens is 394 g/mol. The van der Waals surface area contributed by atoms with Crippen molar-refractivity contribution in [3.05, 3.63) is 63.1 Å². The Bertz CT molecular complexity index is 849. The minimum absolute atomic E-state index is 0.0958. The quantitative estimate of drug-likeness (QED) is 0.592. The minimum Gasteiger partial charge on any atom is -0.374 e. The highest BCUT2D eigenvalue weighted by Gasteiger charge is 2.62. The van der Waals surface area contributed by atoms with Gasteiger partial charge in [0.15, 0.2) is 0 Å². The van der Waals surface area contributed by atoms with Crippen molar-refractivity contribution in [2.24, 2.45) is 5.16 Å². The third-order valence-corrected chi connectivity index (χ3v) is 4.98. The van der Waals surface area contributed by atoms with Crippen molar-refractivity contribution < 1.29 is 18.0 Å². The second kappa shape index (κ2) is 6.41. The number of benzene rings is 2. The smallest absolute Gasteiger partial charge is 0.374 e. The first-order valence-electron chi connectivity index (χ1n) is 7.21. The molecule has 0 N–H and O–H groups in total. The van der Waals surface area contributed by atoms with E-state index in [-0.39, 0.29) is 21.3 Å². The normalized spacial score (nSPS) is 20.4. The van der Waals surface area contributed by atoms with E-state index in [1.54, 1.807) is 18.2 Å². The van der Waals surface area contributed by atoms with Gasteiger partial charge in [0.2, 0.25) is 0 Å². The van der Waals surface area contributed by atoms with Gasteiger partial charge in [-0.1, -0.05) is 34.4 Å². The predicted molar refractivity (Wildman–Crippen MR) is 94.9 cm³/mol. The van der Waals surface area contributed by atoms with Crippen molar-refractivity contribution in [3.63, 3.8) is 0 Å². The lowest BCUT2D eigenvalue weighted by atomic mass is 9.86. The number of hydrogen-bond acceptors (Lipinski definition) is 3. The monoisotopic (exact) mass is 405 g/mol. The van der Waals surface area contributed by atoms with Gasteiger partial charge >= 0.3 is 6.18 Å². The molecule has 1 atom stereocenters. The van der Waals surface area contributed by atoms with Crippen LogP contribution in [-0.4, -0.2) is 11.9 Å². The average Bonchev–Trinajstić information content (AvgIpc) is 2.95. The van der Waals surface area contributed by atoms with E-state index in [1.807, 2.05) is 6.92 Å². The first-order valence-corrected chi connectivity index (χ1v) is 8.41. The summed E-state index contributed by atoms with van der Waals surface area (Å²) in [6.07, 6.45) is -5.18. The fourth-order valence-corrected chi connectivity index (χ4v) is 3.35. The zero-order valence-electron chi connectivity index (χ0n) is 12.9. The van der Waals surface area contributed by atoms with Crippen LogP contribution < -0.4 is 0 Å². The van der Waals surface area contributed by atoms with Gasteiger partial charge in [-0.2, -0.15) is 13.2 Å². The van der Waals surface area contributed by atoms with E-state index >= 15 is 0 Å². The van der Waals surface area contributed by atoms with E-state index < -0.39 is 18.2 Å². The Kier molecular flexibility index (Phi) is 4.73. The van der Waals surface area contributed by atoms with E-state index in [1.165, 1.54) is 18.2 Å². The summed E-state index contributed by atoms with van der Waals surface area (Å²) in [7, 11) is 0. The molecule has 0 unspecified atom stereocenters. The van der Waals surface area contributed by atoms with Crippen LogP contribution in [0.5, 0.6) is 0 Å². The van der Waals surface area contributed by atoms with Gasteiger partial charge in [0.05, 0.1) is 5.71 Å². The number of rotatable bonds is 2. The molecule has 0 radical (unpaired) electrons. The fourth-order valence-electron chi connectivity index (χ4n) is 2.68. The summed E-state index contributed by atoms with van der Waals surface area (Å²) >= 11 is 16.0. The molecule has 1 aliphatic rings. The first-order chi connectivity index (χ1) is 11.6. The van der Waals surface area contributed by atoms with Gasteiger partial charge in [0.1, 0.15) is 0 Å². The Hall–Kier alpha value is -1.37. The highest BCUT2D eigenvalue weighted by atomic mass is 35.5. The zero-order chi connectivity index (χ0) is 18.4. The lowest BCUT2D eigenvalue weighted by molar-refractivity contribution is -0.275. The molecule has 0 bridgehead atoms. The van der Waals surface area contributed by atoms with Crippen LogP contribution in [0.2, 0.25) is 10.0 Å². The lowest BCUT2D eigenvalue weighted by Gasteiger charge is -2.29. The average molecular weight is 406 g/mol. The predicted octanol–water partition coefficient (Wildman–Crippen LogP) is 6.17.